The van der Waals surface area contributed by atoms with Crippen LogP contribution >= 0.6 is 0 Å². The van der Waals surface area contributed by atoms with E-state index in [4.69, 9.17) is 4.98 Å². The fraction of sp³-hybridized carbons (Fsp3) is 0.368. The number of para-hydroxylation sites is 2. The minimum absolute atomic E-state index is 0. The Kier molecular flexibility index (Phi) is 9.91. The summed E-state index contributed by atoms with van der Waals surface area (Å²) in [6.45, 7) is 10.0. The molecule has 0 spiro atoms. The highest BCUT2D eigenvalue weighted by Crippen LogP contribution is 2.39. The molecule has 2 saturated heterocycles. The molecule has 51 heavy (non-hydrogen) atoms. The molecule has 1 amide bonds. The number of nitrogens with zero attached hydrogens (tertiary/aromatic N) is 11. The molecule has 0 radical (unpaired) electrons. The number of tetrazole rings is 1. The summed E-state index contributed by atoms with van der Waals surface area (Å²) in [6, 6.07) is 25.1. The van der Waals surface area contributed by atoms with E-state index < -0.39 is 0 Å². The van der Waals surface area contributed by atoms with Crippen molar-refractivity contribution in [1.82, 2.24) is 49.1 Å². The van der Waals surface area contributed by atoms with E-state index in [1.165, 1.54) is 11.1 Å². The Hall–Kier alpha value is -5.40. The lowest BCUT2D eigenvalue weighted by atomic mass is 9.76. The maximum Gasteiger partial charge on any atom is 0.254 e. The minimum Gasteiger partial charge on any atom is -0.412 e. The van der Waals surface area contributed by atoms with Crippen molar-refractivity contribution < 1.29 is 10.3 Å². The second-order valence-electron chi connectivity index (χ2n) is 13.7. The zero-order chi connectivity index (χ0) is 33.9. The lowest BCUT2D eigenvalue weighted by Crippen LogP contribution is -2.39. The maximum absolute atomic E-state index is 14.1. The minimum atomic E-state index is -0.106. The highest BCUT2D eigenvalue weighted by Gasteiger charge is 2.42. The Morgan fingerprint density at radius 2 is 1.75 bits per heavy atom. The van der Waals surface area contributed by atoms with E-state index in [2.05, 4.69) is 98.9 Å². The fourth-order valence-corrected chi connectivity index (χ4v) is 7.78. The first-order chi connectivity index (χ1) is 24.6. The monoisotopic (exact) mass is 687 g/mol. The highest BCUT2D eigenvalue weighted by atomic mass is 16.2. The molecule has 2 aliphatic heterocycles. The van der Waals surface area contributed by atoms with Gasteiger partial charge in [0.15, 0.2) is 0 Å². The summed E-state index contributed by atoms with van der Waals surface area (Å²) < 4.78 is 6.09. The first-order valence-corrected chi connectivity index (χ1v) is 17.6. The van der Waals surface area contributed by atoms with Gasteiger partial charge in [-0.15, -0.1) is 5.10 Å². The standard InChI is InChI=1S/C38H43N11O.H2O/c1-30-12-13-32(49-29-40-42-43-49)26-33(30)36(50)47-20-15-38(27-47,31-8-3-2-4-9-31)14-19-44-17-7-18-46(24-22-44)37-41-34-10-5-6-11-35(34)48(37)25-23-45-21-16-39-28-45;/h2-6,8-13,16,21,26,28-29H,7,14-15,17-20,22-25,27H2,1H3;1H2. The predicted molar refractivity (Wildman–Crippen MR) is 196 cm³/mol. The largest absolute Gasteiger partial charge is 0.412 e. The van der Waals surface area contributed by atoms with Crippen molar-refractivity contribution in [2.24, 2.45) is 0 Å². The topological polar surface area (TPSA) is 138 Å². The van der Waals surface area contributed by atoms with Gasteiger partial charge in [-0.3, -0.25) is 4.79 Å². The molecule has 2 N–H and O–H groups in total. The molecule has 8 rings (SSSR count). The Bertz CT molecular complexity index is 2050. The average molecular weight is 688 g/mol. The number of carbonyl (C=O) groups is 1. The van der Waals surface area contributed by atoms with Gasteiger partial charge in [-0.05, 0) is 85.1 Å². The van der Waals surface area contributed by atoms with Crippen LogP contribution in [0.4, 0.5) is 5.95 Å². The van der Waals surface area contributed by atoms with E-state index in [1.807, 2.05) is 43.8 Å². The van der Waals surface area contributed by atoms with Gasteiger partial charge in [0.1, 0.15) is 6.33 Å². The van der Waals surface area contributed by atoms with Crippen LogP contribution in [0.5, 0.6) is 0 Å². The molecule has 13 nitrogen and oxygen atoms in total. The summed E-state index contributed by atoms with van der Waals surface area (Å²) in [5.74, 6) is 1.12. The third-order valence-electron chi connectivity index (χ3n) is 10.6. The van der Waals surface area contributed by atoms with Gasteiger partial charge >= 0.3 is 0 Å². The van der Waals surface area contributed by atoms with E-state index in [9.17, 15) is 4.79 Å². The molecule has 3 aromatic carbocycles. The van der Waals surface area contributed by atoms with Crippen LogP contribution in [-0.4, -0.2) is 106 Å². The summed E-state index contributed by atoms with van der Waals surface area (Å²) in [5, 5.41) is 11.5. The molecule has 2 fully saturated rings. The Balaban J connectivity index is 0.00000406. The average Bonchev–Trinajstić information content (AvgIpc) is 3.98. The molecule has 0 aliphatic carbocycles. The summed E-state index contributed by atoms with van der Waals surface area (Å²) in [7, 11) is 0. The van der Waals surface area contributed by atoms with Crippen LogP contribution in [0, 0.1) is 6.92 Å². The third-order valence-corrected chi connectivity index (χ3v) is 10.6. The molecular weight excluding hydrogens is 642 g/mol. The quantitative estimate of drug-likeness (QED) is 0.212. The van der Waals surface area contributed by atoms with Gasteiger partial charge in [0.2, 0.25) is 5.95 Å². The van der Waals surface area contributed by atoms with Gasteiger partial charge in [-0.25, -0.2) is 14.6 Å². The van der Waals surface area contributed by atoms with Crippen molar-refractivity contribution in [3.8, 4) is 5.69 Å². The number of aromatic nitrogens is 8. The van der Waals surface area contributed by atoms with Crippen molar-refractivity contribution in [3.05, 3.63) is 115 Å². The highest BCUT2D eigenvalue weighted by molar-refractivity contribution is 5.96. The zero-order valence-corrected chi connectivity index (χ0v) is 29.1. The smallest absolute Gasteiger partial charge is 0.254 e. The first kappa shape index (κ1) is 34.1. The molecule has 13 heteroatoms. The summed E-state index contributed by atoms with van der Waals surface area (Å²) in [5.41, 5.74) is 5.85. The molecule has 5 heterocycles. The molecule has 1 unspecified atom stereocenters. The van der Waals surface area contributed by atoms with Crippen LogP contribution < -0.4 is 4.90 Å². The number of anilines is 1. The van der Waals surface area contributed by atoms with Gasteiger partial charge in [0.25, 0.3) is 5.91 Å². The predicted octanol–water partition coefficient (Wildman–Crippen LogP) is 3.78. The second kappa shape index (κ2) is 14.8. The molecule has 264 valence electrons. The Morgan fingerprint density at radius 3 is 2.57 bits per heavy atom. The number of hydrogen-bond acceptors (Lipinski definition) is 8. The van der Waals surface area contributed by atoms with Crippen molar-refractivity contribution >= 4 is 22.9 Å². The van der Waals surface area contributed by atoms with Crippen LogP contribution in [0.25, 0.3) is 16.7 Å². The number of rotatable bonds is 10. The molecule has 3 aromatic heterocycles. The number of amides is 1. The Labute approximate surface area is 297 Å². The zero-order valence-electron chi connectivity index (χ0n) is 29.1. The molecule has 2 aliphatic rings. The Morgan fingerprint density at radius 1 is 0.882 bits per heavy atom. The molecule has 6 aromatic rings. The van der Waals surface area contributed by atoms with E-state index in [0.29, 0.717) is 12.1 Å². The van der Waals surface area contributed by atoms with Gasteiger partial charge in [0, 0.05) is 69.2 Å². The van der Waals surface area contributed by atoms with Crippen molar-refractivity contribution in [1.29, 1.82) is 0 Å². The SMILES string of the molecule is Cc1ccc(-n2cnnn2)cc1C(=O)N1CCC(CCN2CCCN(c3nc4ccccc4n3CCn3ccnc3)CC2)(c2ccccc2)C1.O. The number of fused-ring (bicyclic) bond motifs is 1. The second-order valence-corrected chi connectivity index (χ2v) is 13.7. The first-order valence-electron chi connectivity index (χ1n) is 17.6. The number of carbonyl (C=O) groups excluding carboxylic acids is 1. The fourth-order valence-electron chi connectivity index (χ4n) is 7.78. The maximum atomic E-state index is 14.1. The number of likely N-dealkylation sites (tertiary alicyclic amines) is 1. The third kappa shape index (κ3) is 6.99. The van der Waals surface area contributed by atoms with Crippen LogP contribution in [0.1, 0.15) is 40.7 Å². The molecular formula is C38H45N11O2. The molecule has 0 saturated carbocycles. The van der Waals surface area contributed by atoms with Crippen molar-refractivity contribution in [2.75, 3.05) is 50.7 Å². The normalized spacial score (nSPS) is 18.2. The van der Waals surface area contributed by atoms with Crippen LogP contribution in [-0.2, 0) is 18.5 Å². The summed E-state index contributed by atoms with van der Waals surface area (Å²) >= 11 is 0. The van der Waals surface area contributed by atoms with Gasteiger partial charge < -0.3 is 29.3 Å². The number of imidazole rings is 2. The molecule has 1 atom stereocenters. The van der Waals surface area contributed by atoms with Crippen molar-refractivity contribution in [2.45, 2.75) is 44.7 Å². The van der Waals surface area contributed by atoms with Crippen molar-refractivity contribution in [3.63, 3.8) is 0 Å². The lowest BCUT2D eigenvalue weighted by Gasteiger charge is -2.33. The summed E-state index contributed by atoms with van der Waals surface area (Å²) in [4.78, 5) is 30.6. The lowest BCUT2D eigenvalue weighted by molar-refractivity contribution is 0.0780. The van der Waals surface area contributed by atoms with Gasteiger partial charge in [0.05, 0.1) is 23.0 Å². The van der Waals surface area contributed by atoms with Crippen LogP contribution in [0.3, 0.4) is 0 Å². The van der Waals surface area contributed by atoms with E-state index in [-0.39, 0.29) is 16.8 Å². The van der Waals surface area contributed by atoms with E-state index in [1.54, 1.807) is 11.0 Å². The molecule has 0 bridgehead atoms. The van der Waals surface area contributed by atoms with E-state index in [0.717, 1.165) is 94.3 Å². The number of aryl methyl sites for hydroxylation is 3. The van der Waals surface area contributed by atoms with Crippen LogP contribution in [0.2, 0.25) is 0 Å². The number of benzene rings is 3. The number of hydrogen-bond donors (Lipinski definition) is 0. The van der Waals surface area contributed by atoms with Gasteiger partial charge in [-0.2, -0.15) is 0 Å². The van der Waals surface area contributed by atoms with Gasteiger partial charge in [-0.1, -0.05) is 48.5 Å². The summed E-state index contributed by atoms with van der Waals surface area (Å²) in [6.07, 6.45) is 10.3. The van der Waals surface area contributed by atoms with Crippen LogP contribution in [0.15, 0.2) is 97.8 Å². The van der Waals surface area contributed by atoms with E-state index >= 15 is 0 Å².